The normalized spacial score (nSPS) is 29.2. The maximum absolute atomic E-state index is 11.4. The van der Waals surface area contributed by atoms with Gasteiger partial charge in [0.2, 0.25) is 0 Å². The molecule has 6 atom stereocenters. The zero-order valence-electron chi connectivity index (χ0n) is 16.7. The van der Waals surface area contributed by atoms with E-state index in [0.717, 1.165) is 0 Å². The Morgan fingerprint density at radius 1 is 0.690 bits per heavy atom. The van der Waals surface area contributed by atoms with E-state index in [4.69, 9.17) is 33.2 Å². The fourth-order valence-electron chi connectivity index (χ4n) is 2.61. The predicted octanol–water partition coefficient (Wildman–Crippen LogP) is -0.0905. The molecule has 0 aromatic heterocycles. The summed E-state index contributed by atoms with van der Waals surface area (Å²) in [5.41, 5.74) is 0. The Morgan fingerprint density at radius 2 is 1.10 bits per heavy atom. The molecule has 0 aromatic carbocycles. The van der Waals surface area contributed by atoms with Crippen molar-refractivity contribution in [3.8, 4) is 0 Å². The number of methoxy groups -OCH3 is 1. The van der Waals surface area contributed by atoms with E-state index >= 15 is 0 Å². The van der Waals surface area contributed by atoms with Crippen LogP contribution in [0.5, 0.6) is 0 Å². The summed E-state index contributed by atoms with van der Waals surface area (Å²) in [4.78, 5) is 22.7. The van der Waals surface area contributed by atoms with E-state index in [9.17, 15) is 24.9 Å². The fourth-order valence-corrected chi connectivity index (χ4v) is 2.61. The monoisotopic (exact) mass is 426 g/mol. The summed E-state index contributed by atoms with van der Waals surface area (Å²) >= 11 is 0. The molecule has 1 rings (SSSR count). The highest BCUT2D eigenvalue weighted by molar-refractivity contribution is 5.59. The summed E-state index contributed by atoms with van der Waals surface area (Å²) in [7, 11) is 1.23. The van der Waals surface area contributed by atoms with Crippen LogP contribution in [0, 0.1) is 0 Å². The molecule has 170 valence electrons. The van der Waals surface area contributed by atoms with Crippen LogP contribution >= 0.6 is 0 Å². The zero-order valence-corrected chi connectivity index (χ0v) is 16.7. The van der Waals surface area contributed by atoms with E-state index in [-0.39, 0.29) is 13.2 Å². The van der Waals surface area contributed by atoms with Crippen LogP contribution in [0.15, 0.2) is 0 Å². The quantitative estimate of drug-likeness (QED) is 0.298. The van der Waals surface area contributed by atoms with Gasteiger partial charge in [-0.2, -0.15) is 0 Å². The summed E-state index contributed by atoms with van der Waals surface area (Å²) in [6, 6.07) is 0. The van der Waals surface area contributed by atoms with Gasteiger partial charge in [0.1, 0.15) is 36.6 Å². The zero-order chi connectivity index (χ0) is 21.8. The van der Waals surface area contributed by atoms with Gasteiger partial charge >= 0.3 is 12.3 Å². The van der Waals surface area contributed by atoms with Crippen molar-refractivity contribution in [3.63, 3.8) is 0 Å². The number of carbonyl (C=O) groups excluding carboxylic acids is 2. The predicted molar refractivity (Wildman–Crippen MR) is 93.7 cm³/mol. The summed E-state index contributed by atoms with van der Waals surface area (Å²) in [6.45, 7) is 2.68. The minimum Gasteiger partial charge on any atom is -0.434 e. The van der Waals surface area contributed by atoms with Crippen LogP contribution in [-0.4, -0.2) is 98.2 Å². The Labute approximate surface area is 168 Å². The van der Waals surface area contributed by atoms with Crippen molar-refractivity contribution in [1.29, 1.82) is 0 Å². The molecule has 1 aliphatic rings. The number of carbonyl (C=O) groups is 2. The Morgan fingerprint density at radius 3 is 1.52 bits per heavy atom. The van der Waals surface area contributed by atoms with Crippen molar-refractivity contribution in [2.24, 2.45) is 0 Å². The van der Waals surface area contributed by atoms with Crippen LogP contribution in [0.3, 0.4) is 0 Å². The number of aliphatic hydroxyl groups excluding tert-OH is 3. The van der Waals surface area contributed by atoms with Crippen molar-refractivity contribution in [2.45, 2.75) is 63.3 Å². The molecule has 1 aliphatic carbocycles. The van der Waals surface area contributed by atoms with Gasteiger partial charge in [0.15, 0.2) is 13.6 Å². The molecule has 0 aliphatic heterocycles. The van der Waals surface area contributed by atoms with Gasteiger partial charge in [0, 0.05) is 7.11 Å². The molecule has 12 heteroatoms. The first kappa shape index (κ1) is 25.3. The average Bonchev–Trinajstić information content (AvgIpc) is 2.70. The molecular formula is C17H30O12. The van der Waals surface area contributed by atoms with Crippen molar-refractivity contribution >= 4 is 12.3 Å². The highest BCUT2D eigenvalue weighted by Gasteiger charge is 2.51. The number of hydrogen-bond acceptors (Lipinski definition) is 12. The van der Waals surface area contributed by atoms with E-state index in [2.05, 4.69) is 0 Å². The van der Waals surface area contributed by atoms with E-state index < -0.39 is 62.5 Å². The first-order valence-corrected chi connectivity index (χ1v) is 9.26. The number of hydrogen-bond donors (Lipinski definition) is 3. The maximum Gasteiger partial charge on any atom is 0.510 e. The molecule has 0 saturated heterocycles. The lowest BCUT2D eigenvalue weighted by Crippen LogP contribution is -2.65. The molecule has 1 saturated carbocycles. The molecule has 0 heterocycles. The summed E-state index contributed by atoms with van der Waals surface area (Å²) in [6.07, 6.45) is -9.08. The van der Waals surface area contributed by atoms with Crippen molar-refractivity contribution in [1.82, 2.24) is 0 Å². The van der Waals surface area contributed by atoms with Gasteiger partial charge in [-0.05, 0) is 12.8 Å². The van der Waals surface area contributed by atoms with Gasteiger partial charge in [-0.3, -0.25) is 0 Å². The highest BCUT2D eigenvalue weighted by Crippen LogP contribution is 2.28. The Hall–Kier alpha value is -1.70. The lowest BCUT2D eigenvalue weighted by molar-refractivity contribution is -0.272. The number of rotatable bonds is 11. The molecule has 29 heavy (non-hydrogen) atoms. The molecule has 0 amide bonds. The number of aliphatic hydroxyl groups is 3. The van der Waals surface area contributed by atoms with Crippen LogP contribution in [0.4, 0.5) is 9.59 Å². The second-order valence-corrected chi connectivity index (χ2v) is 6.16. The SMILES string of the molecule is CCCOC(=O)OCOC1C(O)C(O)C(OC)C(O)C1OCOC(=O)OCCC. The van der Waals surface area contributed by atoms with Gasteiger partial charge in [-0.25, -0.2) is 9.59 Å². The first-order chi connectivity index (χ1) is 13.9. The van der Waals surface area contributed by atoms with E-state index in [0.29, 0.717) is 12.8 Å². The van der Waals surface area contributed by atoms with Gasteiger partial charge in [-0.15, -0.1) is 0 Å². The second-order valence-electron chi connectivity index (χ2n) is 6.16. The third kappa shape index (κ3) is 7.91. The third-order valence-corrected chi connectivity index (χ3v) is 4.01. The minimum atomic E-state index is -1.56. The Balaban J connectivity index is 2.68. The van der Waals surface area contributed by atoms with Gasteiger partial charge in [0.05, 0.1) is 13.2 Å². The molecule has 6 unspecified atom stereocenters. The largest absolute Gasteiger partial charge is 0.510 e. The first-order valence-electron chi connectivity index (χ1n) is 9.26. The van der Waals surface area contributed by atoms with Crippen LogP contribution in [-0.2, 0) is 33.2 Å². The molecule has 0 bridgehead atoms. The van der Waals surface area contributed by atoms with Crippen LogP contribution in [0.25, 0.3) is 0 Å². The molecular weight excluding hydrogens is 396 g/mol. The van der Waals surface area contributed by atoms with Crippen LogP contribution in [0.1, 0.15) is 26.7 Å². The van der Waals surface area contributed by atoms with Gasteiger partial charge in [0.25, 0.3) is 0 Å². The minimum absolute atomic E-state index is 0.162. The average molecular weight is 426 g/mol. The second kappa shape index (κ2) is 13.5. The topological polar surface area (TPSA) is 159 Å². The maximum atomic E-state index is 11.4. The van der Waals surface area contributed by atoms with Gasteiger partial charge in [-0.1, -0.05) is 13.8 Å². The van der Waals surface area contributed by atoms with Crippen LogP contribution < -0.4 is 0 Å². The van der Waals surface area contributed by atoms with E-state index in [1.54, 1.807) is 6.92 Å². The van der Waals surface area contributed by atoms with E-state index in [1.807, 2.05) is 6.92 Å². The van der Waals surface area contributed by atoms with Gasteiger partial charge < -0.3 is 48.5 Å². The molecule has 12 nitrogen and oxygen atoms in total. The lowest BCUT2D eigenvalue weighted by Gasteiger charge is -2.44. The fraction of sp³-hybridized carbons (Fsp3) is 0.882. The Kier molecular flexibility index (Phi) is 11.8. The summed E-state index contributed by atoms with van der Waals surface area (Å²) in [5.74, 6) is 0. The molecule has 3 N–H and O–H groups in total. The molecule has 0 radical (unpaired) electrons. The van der Waals surface area contributed by atoms with Crippen molar-refractivity contribution < 1.29 is 58.1 Å². The summed E-state index contributed by atoms with van der Waals surface area (Å²) < 4.78 is 34.4. The molecule has 0 spiro atoms. The molecule has 0 aromatic rings. The molecule has 1 fully saturated rings. The van der Waals surface area contributed by atoms with E-state index in [1.165, 1.54) is 7.11 Å². The smallest absolute Gasteiger partial charge is 0.434 e. The number of ether oxygens (including phenoxy) is 7. The summed E-state index contributed by atoms with van der Waals surface area (Å²) in [5, 5.41) is 30.8. The lowest BCUT2D eigenvalue weighted by atomic mass is 9.84. The third-order valence-electron chi connectivity index (χ3n) is 4.01. The standard InChI is InChI=1S/C17H30O12/c1-4-6-24-16(21)28-8-26-14-11(19)10(18)13(23-3)12(20)15(14)27-9-29-17(22)25-7-5-2/h10-15,18-20H,4-9H2,1-3H3. The van der Waals surface area contributed by atoms with Crippen molar-refractivity contribution in [2.75, 3.05) is 33.9 Å². The highest BCUT2D eigenvalue weighted by atomic mass is 16.8. The Bertz CT molecular complexity index is 487. The van der Waals surface area contributed by atoms with Crippen LogP contribution in [0.2, 0.25) is 0 Å². The van der Waals surface area contributed by atoms with Crippen molar-refractivity contribution in [3.05, 3.63) is 0 Å².